The lowest BCUT2D eigenvalue weighted by molar-refractivity contribution is -0.192. The molecular weight excluding hydrogens is 730 g/mol. The number of carboxylic acid groups (broad SMARTS) is 1. The number of halogens is 3. The number of aliphatic carboxylic acids is 1. The van der Waals surface area contributed by atoms with Gasteiger partial charge in [0.2, 0.25) is 11.8 Å². The fraction of sp³-hybridized carbons (Fsp3) is 0.674. The number of carboxylic acids is 1. The summed E-state index contributed by atoms with van der Waals surface area (Å²) in [6.07, 6.45) is 15.7. The minimum absolute atomic E-state index is 0.0816. The van der Waals surface area contributed by atoms with Gasteiger partial charge in [-0.05, 0) is 163 Å². The van der Waals surface area contributed by atoms with E-state index in [0.717, 1.165) is 63.2 Å². The molecule has 4 atom stereocenters. The molecule has 2 amide bonds. The number of carbonyl (C=O) groups excluding carboxylic acids is 2. The van der Waals surface area contributed by atoms with E-state index in [0.29, 0.717) is 36.3 Å². The Morgan fingerprint density at radius 3 is 1.11 bits per heavy atom. The summed E-state index contributed by atoms with van der Waals surface area (Å²) in [7, 11) is 0. The Labute approximate surface area is 335 Å². The molecule has 2 saturated heterocycles. The van der Waals surface area contributed by atoms with Crippen molar-refractivity contribution in [3.63, 3.8) is 0 Å². The first kappa shape index (κ1) is 40.3. The number of hydrogen-bond acceptors (Lipinski definition) is 5. The lowest BCUT2D eigenvalue weighted by Gasteiger charge is -2.34. The molecule has 310 valence electrons. The molecule has 4 bridgehead atoms. The summed E-state index contributed by atoms with van der Waals surface area (Å²) in [6, 6.07) is 21.5. The van der Waals surface area contributed by atoms with E-state index < -0.39 is 12.1 Å². The Morgan fingerprint density at radius 1 is 0.526 bits per heavy atom. The van der Waals surface area contributed by atoms with E-state index in [1.54, 1.807) is 22.3 Å². The van der Waals surface area contributed by atoms with Crippen molar-refractivity contribution in [2.75, 3.05) is 13.1 Å². The SMILES string of the molecule is O=C(NC1CCC(CCN2[C@@H]3CC[C@H]2c2ccccc23)CC1)C1CCC(C(=O)NC2CCC(CCN3[C@@H]4CC[C@H]3c3ccccc34)CC2)CC1.O=C(O)C(F)(F)F. The first-order valence-electron chi connectivity index (χ1n) is 22.1. The van der Waals surface area contributed by atoms with Crippen LogP contribution in [0.5, 0.6) is 0 Å². The highest BCUT2D eigenvalue weighted by atomic mass is 19.4. The van der Waals surface area contributed by atoms with E-state index in [1.165, 1.54) is 77.3 Å². The van der Waals surface area contributed by atoms with Gasteiger partial charge in [-0.15, -0.1) is 0 Å². The maximum atomic E-state index is 13.3. The molecule has 2 aromatic carbocycles. The minimum Gasteiger partial charge on any atom is -0.475 e. The van der Waals surface area contributed by atoms with Crippen LogP contribution in [-0.2, 0) is 14.4 Å². The van der Waals surface area contributed by atoms with Gasteiger partial charge in [-0.1, -0.05) is 48.5 Å². The Morgan fingerprint density at radius 2 is 0.825 bits per heavy atom. The predicted octanol–water partition coefficient (Wildman–Crippen LogP) is 9.34. The van der Waals surface area contributed by atoms with E-state index in [-0.39, 0.29) is 23.7 Å². The molecule has 8 nitrogen and oxygen atoms in total. The summed E-state index contributed by atoms with van der Waals surface area (Å²) in [6.45, 7) is 2.44. The van der Waals surface area contributed by atoms with Gasteiger partial charge in [-0.25, -0.2) is 4.79 Å². The summed E-state index contributed by atoms with van der Waals surface area (Å²) < 4.78 is 31.7. The van der Waals surface area contributed by atoms with E-state index in [1.807, 2.05) is 0 Å². The molecule has 4 heterocycles. The fourth-order valence-corrected chi connectivity index (χ4v) is 12.0. The summed E-state index contributed by atoms with van der Waals surface area (Å²) in [5.41, 5.74) is 6.35. The quantitative estimate of drug-likeness (QED) is 0.222. The van der Waals surface area contributed by atoms with Gasteiger partial charge in [0.25, 0.3) is 0 Å². The second-order valence-electron chi connectivity index (χ2n) is 18.3. The molecule has 7 aliphatic rings. The van der Waals surface area contributed by atoms with Crippen LogP contribution in [0.15, 0.2) is 48.5 Å². The molecule has 2 aromatic rings. The van der Waals surface area contributed by atoms with Crippen LogP contribution in [0.25, 0.3) is 0 Å². The van der Waals surface area contributed by atoms with Gasteiger partial charge in [-0.2, -0.15) is 13.2 Å². The van der Waals surface area contributed by atoms with Crippen molar-refractivity contribution >= 4 is 17.8 Å². The standard InChI is InChI=1S/C44H60N4O2.C2HF3O2/c49-43(45-33-17-9-29(10-18-33)25-27-47-39-21-22-40(47)36-6-2-1-5-35(36)39)31-13-15-32(16-14-31)44(50)46-34-19-11-30(12-20-34)26-28-48-41-23-24-42(48)38-8-4-3-7-37(38)41;3-2(4,5)1(6)7/h1-8,29-34,39-42H,9-28H2,(H,45,49)(H,46,50);(H,6,7)/t29?,30?,31?,32?,33?,34?,39-,40+,41-,42+;. The number of rotatable bonds is 10. The zero-order valence-corrected chi connectivity index (χ0v) is 33.2. The molecular formula is C46H61F3N4O4. The van der Waals surface area contributed by atoms with Gasteiger partial charge in [0, 0.05) is 48.1 Å². The van der Waals surface area contributed by atoms with Gasteiger partial charge >= 0.3 is 12.1 Å². The molecule has 3 saturated carbocycles. The first-order valence-corrected chi connectivity index (χ1v) is 22.1. The third-order valence-electron chi connectivity index (χ3n) is 15.1. The van der Waals surface area contributed by atoms with E-state index in [2.05, 4.69) is 69.0 Å². The molecule has 57 heavy (non-hydrogen) atoms. The Bertz CT molecular complexity index is 1550. The van der Waals surface area contributed by atoms with Crippen LogP contribution in [-0.4, -0.2) is 64.0 Å². The lowest BCUT2D eigenvalue weighted by Crippen LogP contribution is -2.44. The fourth-order valence-electron chi connectivity index (χ4n) is 12.0. The number of alkyl halides is 3. The molecule has 0 radical (unpaired) electrons. The number of nitrogens with one attached hydrogen (secondary N) is 2. The number of benzene rings is 2. The van der Waals surface area contributed by atoms with E-state index in [4.69, 9.17) is 9.90 Å². The van der Waals surface area contributed by atoms with Crippen LogP contribution in [0.2, 0.25) is 0 Å². The molecule has 0 unspecified atom stereocenters. The van der Waals surface area contributed by atoms with Crippen LogP contribution >= 0.6 is 0 Å². The minimum atomic E-state index is -5.08. The topological polar surface area (TPSA) is 102 Å². The Balaban J connectivity index is 0.000000598. The lowest BCUT2D eigenvalue weighted by atomic mass is 9.79. The van der Waals surface area contributed by atoms with Crippen LogP contribution in [0.4, 0.5) is 13.2 Å². The third-order valence-corrected chi connectivity index (χ3v) is 15.1. The van der Waals surface area contributed by atoms with Crippen molar-refractivity contribution in [3.05, 3.63) is 70.8 Å². The normalized spacial score (nSPS) is 33.2. The van der Waals surface area contributed by atoms with Crippen molar-refractivity contribution in [3.8, 4) is 0 Å². The molecule has 0 spiro atoms. The monoisotopic (exact) mass is 790 g/mol. The maximum absolute atomic E-state index is 13.3. The molecule has 11 heteroatoms. The highest BCUT2D eigenvalue weighted by molar-refractivity contribution is 5.81. The van der Waals surface area contributed by atoms with Crippen LogP contribution in [0.1, 0.15) is 162 Å². The zero-order chi connectivity index (χ0) is 39.7. The number of nitrogens with zero attached hydrogens (tertiary/aromatic N) is 2. The Kier molecular flexibility index (Phi) is 12.3. The van der Waals surface area contributed by atoms with Crippen molar-refractivity contribution in [2.45, 2.75) is 158 Å². The molecule has 0 aromatic heterocycles. The van der Waals surface area contributed by atoms with Crippen molar-refractivity contribution in [1.29, 1.82) is 0 Å². The summed E-state index contributed by atoms with van der Waals surface area (Å²) >= 11 is 0. The van der Waals surface area contributed by atoms with Crippen LogP contribution < -0.4 is 10.6 Å². The largest absolute Gasteiger partial charge is 0.490 e. The number of fused-ring (bicyclic) bond motifs is 10. The predicted molar refractivity (Wildman–Crippen MR) is 212 cm³/mol. The first-order chi connectivity index (χ1) is 27.5. The third kappa shape index (κ3) is 8.94. The number of hydrogen-bond donors (Lipinski definition) is 3. The van der Waals surface area contributed by atoms with Crippen molar-refractivity contribution in [2.24, 2.45) is 23.7 Å². The second-order valence-corrected chi connectivity index (χ2v) is 18.3. The van der Waals surface area contributed by atoms with Gasteiger partial charge in [0.1, 0.15) is 0 Å². The molecule has 4 aliphatic heterocycles. The average Bonchev–Trinajstić information content (AvgIpc) is 3.98. The van der Waals surface area contributed by atoms with Crippen LogP contribution in [0, 0.1) is 23.7 Å². The van der Waals surface area contributed by atoms with E-state index >= 15 is 0 Å². The van der Waals surface area contributed by atoms with Gasteiger partial charge in [-0.3, -0.25) is 19.4 Å². The smallest absolute Gasteiger partial charge is 0.475 e. The van der Waals surface area contributed by atoms with Crippen LogP contribution in [0.3, 0.4) is 0 Å². The summed E-state index contributed by atoms with van der Waals surface area (Å²) in [4.78, 5) is 41.0. The summed E-state index contributed by atoms with van der Waals surface area (Å²) in [5.74, 6) is -0.507. The second kappa shape index (κ2) is 17.4. The molecule has 9 rings (SSSR count). The maximum Gasteiger partial charge on any atom is 0.490 e. The summed E-state index contributed by atoms with van der Waals surface area (Å²) in [5, 5.41) is 14.0. The van der Waals surface area contributed by atoms with Gasteiger partial charge < -0.3 is 15.7 Å². The van der Waals surface area contributed by atoms with Crippen molar-refractivity contribution in [1.82, 2.24) is 20.4 Å². The number of amides is 2. The molecule has 3 aliphatic carbocycles. The Hall–Kier alpha value is -3.44. The highest BCUT2D eigenvalue weighted by Crippen LogP contribution is 2.54. The average molecular weight is 791 g/mol. The zero-order valence-electron chi connectivity index (χ0n) is 33.2. The van der Waals surface area contributed by atoms with Gasteiger partial charge in [0.05, 0.1) is 0 Å². The van der Waals surface area contributed by atoms with Crippen molar-refractivity contribution < 1.29 is 32.7 Å². The molecule has 3 N–H and O–H groups in total. The van der Waals surface area contributed by atoms with Gasteiger partial charge in [0.15, 0.2) is 0 Å². The number of carbonyl (C=O) groups is 3. The molecule has 5 fully saturated rings. The highest BCUT2D eigenvalue weighted by Gasteiger charge is 2.45. The van der Waals surface area contributed by atoms with E-state index in [9.17, 15) is 22.8 Å².